The summed E-state index contributed by atoms with van der Waals surface area (Å²) in [7, 11) is 0. The molecule has 1 fully saturated rings. The quantitative estimate of drug-likeness (QED) is 0.830. The lowest BCUT2D eigenvalue weighted by molar-refractivity contribution is 0.325. The summed E-state index contributed by atoms with van der Waals surface area (Å²) in [6.07, 6.45) is 2.51. The summed E-state index contributed by atoms with van der Waals surface area (Å²) in [5.41, 5.74) is 2.47. The van der Waals surface area contributed by atoms with Gasteiger partial charge in [0.25, 0.3) is 0 Å². The third-order valence-corrected chi connectivity index (χ3v) is 4.66. The van der Waals surface area contributed by atoms with E-state index in [1.54, 1.807) is 0 Å². The average molecular weight is 246 g/mol. The monoisotopic (exact) mass is 246 g/mol. The molecule has 1 aromatic heterocycles. The lowest BCUT2D eigenvalue weighted by Gasteiger charge is -2.26. The van der Waals surface area contributed by atoms with E-state index in [2.05, 4.69) is 37.4 Å². The van der Waals surface area contributed by atoms with Gasteiger partial charge >= 0.3 is 0 Å². The molecule has 2 atom stereocenters. The summed E-state index contributed by atoms with van der Waals surface area (Å²) < 4.78 is 1.32. The molecule has 17 heavy (non-hydrogen) atoms. The number of aryl methyl sites for hydroxylation is 1. The third kappa shape index (κ3) is 2.22. The highest BCUT2D eigenvalue weighted by molar-refractivity contribution is 7.18. The molecular weight excluding hydrogens is 228 g/mol. The second kappa shape index (κ2) is 4.39. The number of thiazole rings is 1. The number of nitrogens with zero attached hydrogens (tertiary/aromatic N) is 1. The molecule has 3 heteroatoms. The minimum atomic E-state index is 0.469. The van der Waals surface area contributed by atoms with Crippen LogP contribution in [0, 0.1) is 12.8 Å². The fourth-order valence-electron chi connectivity index (χ4n) is 2.49. The van der Waals surface area contributed by atoms with Crippen molar-refractivity contribution in [2.45, 2.75) is 32.7 Å². The molecule has 0 aliphatic carbocycles. The van der Waals surface area contributed by atoms with Gasteiger partial charge in [-0.1, -0.05) is 13.0 Å². The predicted octanol–water partition coefficient (Wildman–Crippen LogP) is 3.67. The number of piperidine rings is 1. The van der Waals surface area contributed by atoms with Gasteiger partial charge in [-0.3, -0.25) is 0 Å². The van der Waals surface area contributed by atoms with Gasteiger partial charge in [0, 0.05) is 0 Å². The van der Waals surface area contributed by atoms with Crippen molar-refractivity contribution in [3.8, 4) is 0 Å². The number of nitrogens with one attached hydrogen (secondary N) is 1. The minimum Gasteiger partial charge on any atom is -0.308 e. The van der Waals surface area contributed by atoms with Crippen LogP contribution in [0.4, 0.5) is 0 Å². The molecule has 2 aromatic rings. The first-order valence-corrected chi connectivity index (χ1v) is 7.14. The Morgan fingerprint density at radius 2 is 2.29 bits per heavy atom. The topological polar surface area (TPSA) is 24.9 Å². The van der Waals surface area contributed by atoms with Crippen molar-refractivity contribution in [3.05, 3.63) is 28.8 Å². The van der Waals surface area contributed by atoms with E-state index in [0.717, 1.165) is 18.0 Å². The third-order valence-electron chi connectivity index (χ3n) is 3.52. The number of fused-ring (bicyclic) bond motifs is 1. The predicted molar refractivity (Wildman–Crippen MR) is 73.5 cm³/mol. The molecule has 2 unspecified atom stereocenters. The summed E-state index contributed by atoms with van der Waals surface area (Å²) in [4.78, 5) is 4.77. The van der Waals surface area contributed by atoms with Crippen LogP contribution in [-0.2, 0) is 0 Å². The van der Waals surface area contributed by atoms with Gasteiger partial charge in [0.1, 0.15) is 5.01 Å². The maximum atomic E-state index is 4.77. The van der Waals surface area contributed by atoms with Crippen LogP contribution in [-0.4, -0.2) is 11.5 Å². The van der Waals surface area contributed by atoms with Crippen LogP contribution in [0.15, 0.2) is 18.2 Å². The molecule has 0 bridgehead atoms. The van der Waals surface area contributed by atoms with Crippen molar-refractivity contribution < 1.29 is 0 Å². The number of hydrogen-bond acceptors (Lipinski definition) is 3. The fraction of sp³-hybridized carbons (Fsp3) is 0.500. The molecule has 1 saturated heterocycles. The van der Waals surface area contributed by atoms with E-state index in [1.807, 2.05) is 11.3 Å². The number of aromatic nitrogens is 1. The number of benzene rings is 1. The van der Waals surface area contributed by atoms with E-state index in [-0.39, 0.29) is 0 Å². The number of rotatable bonds is 1. The standard InChI is InChI=1S/C14H18N2S/c1-9-3-4-11-13(8-9)17-14(16-11)12-7-10(2)5-6-15-12/h3-4,8,10,12,15H,5-7H2,1-2H3. The van der Waals surface area contributed by atoms with Gasteiger partial charge < -0.3 is 5.32 Å². The van der Waals surface area contributed by atoms with Crippen LogP contribution in [0.1, 0.15) is 36.4 Å². The maximum Gasteiger partial charge on any atom is 0.111 e. The van der Waals surface area contributed by atoms with E-state index in [0.29, 0.717) is 6.04 Å². The molecule has 0 spiro atoms. The molecule has 0 saturated carbocycles. The highest BCUT2D eigenvalue weighted by atomic mass is 32.1. The Morgan fingerprint density at radius 3 is 3.12 bits per heavy atom. The molecular formula is C14H18N2S. The second-order valence-corrected chi connectivity index (χ2v) is 6.22. The van der Waals surface area contributed by atoms with Crippen molar-refractivity contribution in [3.63, 3.8) is 0 Å². The normalized spacial score (nSPS) is 25.3. The van der Waals surface area contributed by atoms with Gasteiger partial charge in [0.05, 0.1) is 16.3 Å². The lowest BCUT2D eigenvalue weighted by Crippen LogP contribution is -2.30. The summed E-state index contributed by atoms with van der Waals surface area (Å²) >= 11 is 1.85. The molecule has 90 valence electrons. The Labute approximate surface area is 106 Å². The molecule has 0 radical (unpaired) electrons. The largest absolute Gasteiger partial charge is 0.308 e. The zero-order valence-corrected chi connectivity index (χ0v) is 11.2. The maximum absolute atomic E-state index is 4.77. The molecule has 1 aromatic carbocycles. The molecule has 1 aliphatic rings. The van der Waals surface area contributed by atoms with E-state index >= 15 is 0 Å². The average Bonchev–Trinajstić information content (AvgIpc) is 2.72. The first-order chi connectivity index (χ1) is 8.22. The van der Waals surface area contributed by atoms with Crippen LogP contribution in [0.5, 0.6) is 0 Å². The minimum absolute atomic E-state index is 0.469. The van der Waals surface area contributed by atoms with E-state index in [1.165, 1.54) is 28.1 Å². The molecule has 2 heterocycles. The fourth-order valence-corrected chi connectivity index (χ4v) is 3.65. The van der Waals surface area contributed by atoms with Crippen LogP contribution < -0.4 is 5.32 Å². The zero-order chi connectivity index (χ0) is 11.8. The van der Waals surface area contributed by atoms with E-state index in [9.17, 15) is 0 Å². The summed E-state index contributed by atoms with van der Waals surface area (Å²) in [5.74, 6) is 0.815. The van der Waals surface area contributed by atoms with Gasteiger partial charge in [-0.2, -0.15) is 0 Å². The summed E-state index contributed by atoms with van der Waals surface area (Å²) in [5, 5.41) is 4.85. The van der Waals surface area contributed by atoms with Crippen molar-refractivity contribution in [2.24, 2.45) is 5.92 Å². The molecule has 1 aliphatic heterocycles. The second-order valence-electron chi connectivity index (χ2n) is 5.16. The number of hydrogen-bond donors (Lipinski definition) is 1. The summed E-state index contributed by atoms with van der Waals surface area (Å²) in [6.45, 7) is 5.60. The van der Waals surface area contributed by atoms with Gasteiger partial charge in [0.15, 0.2) is 0 Å². The van der Waals surface area contributed by atoms with Crippen LogP contribution in [0.3, 0.4) is 0 Å². The summed E-state index contributed by atoms with van der Waals surface area (Å²) in [6, 6.07) is 6.99. The molecule has 3 rings (SSSR count). The Kier molecular flexibility index (Phi) is 2.89. The zero-order valence-electron chi connectivity index (χ0n) is 10.4. The SMILES string of the molecule is Cc1ccc2nc(C3CC(C)CCN3)sc2c1. The molecule has 0 amide bonds. The highest BCUT2D eigenvalue weighted by Crippen LogP contribution is 2.32. The van der Waals surface area contributed by atoms with E-state index < -0.39 is 0 Å². The Morgan fingerprint density at radius 1 is 1.41 bits per heavy atom. The Hall–Kier alpha value is -0.930. The molecule has 1 N–H and O–H groups in total. The van der Waals surface area contributed by atoms with Crippen molar-refractivity contribution in [2.75, 3.05) is 6.54 Å². The Balaban J connectivity index is 1.94. The van der Waals surface area contributed by atoms with Gasteiger partial charge in [-0.25, -0.2) is 4.98 Å². The van der Waals surface area contributed by atoms with Crippen molar-refractivity contribution >= 4 is 21.6 Å². The van der Waals surface area contributed by atoms with Gasteiger partial charge in [-0.05, 0) is 49.9 Å². The molecule has 2 nitrogen and oxygen atoms in total. The smallest absolute Gasteiger partial charge is 0.111 e. The van der Waals surface area contributed by atoms with E-state index in [4.69, 9.17) is 4.98 Å². The van der Waals surface area contributed by atoms with Crippen molar-refractivity contribution in [1.29, 1.82) is 0 Å². The first kappa shape index (κ1) is 11.2. The van der Waals surface area contributed by atoms with Gasteiger partial charge in [-0.15, -0.1) is 11.3 Å². The van der Waals surface area contributed by atoms with Gasteiger partial charge in [0.2, 0.25) is 0 Å². The van der Waals surface area contributed by atoms with Crippen LogP contribution in [0.25, 0.3) is 10.2 Å². The van der Waals surface area contributed by atoms with Crippen LogP contribution in [0.2, 0.25) is 0 Å². The first-order valence-electron chi connectivity index (χ1n) is 6.33. The highest BCUT2D eigenvalue weighted by Gasteiger charge is 2.22. The van der Waals surface area contributed by atoms with Crippen LogP contribution >= 0.6 is 11.3 Å². The lowest BCUT2D eigenvalue weighted by atomic mass is 9.95. The Bertz CT molecular complexity index is 532. The van der Waals surface area contributed by atoms with Crippen molar-refractivity contribution in [1.82, 2.24) is 10.3 Å².